The number of aromatic nitrogens is 1. The van der Waals surface area contributed by atoms with E-state index in [9.17, 15) is 4.79 Å². The van der Waals surface area contributed by atoms with Gasteiger partial charge in [-0.25, -0.2) is 4.79 Å². The standard InChI is InChI=1S/C12H10ClNO2S2/c1-16-11(15)10-9(13)12(18-14-10)17-7-8-5-3-2-4-6-8/h2-6H,7H2,1H3. The second-order valence-electron chi connectivity index (χ2n) is 3.40. The largest absolute Gasteiger partial charge is 0.464 e. The Morgan fingerprint density at radius 2 is 2.17 bits per heavy atom. The van der Waals surface area contributed by atoms with Crippen LogP contribution in [-0.2, 0) is 10.5 Å². The predicted octanol–water partition coefficient (Wildman–Crippen LogP) is 3.88. The molecule has 1 aromatic heterocycles. The highest BCUT2D eigenvalue weighted by Gasteiger charge is 2.19. The lowest BCUT2D eigenvalue weighted by Crippen LogP contribution is -2.01. The van der Waals surface area contributed by atoms with Crippen LogP contribution in [0.25, 0.3) is 0 Å². The van der Waals surface area contributed by atoms with Gasteiger partial charge in [-0.15, -0.1) is 11.8 Å². The quantitative estimate of drug-likeness (QED) is 0.634. The van der Waals surface area contributed by atoms with Crippen molar-refractivity contribution < 1.29 is 9.53 Å². The first-order chi connectivity index (χ1) is 8.72. The zero-order valence-electron chi connectivity index (χ0n) is 9.55. The minimum Gasteiger partial charge on any atom is -0.464 e. The van der Waals surface area contributed by atoms with Crippen molar-refractivity contribution in [1.29, 1.82) is 0 Å². The van der Waals surface area contributed by atoms with Gasteiger partial charge >= 0.3 is 5.97 Å². The Bertz CT molecular complexity index is 542. The Morgan fingerprint density at radius 3 is 2.83 bits per heavy atom. The first-order valence-corrected chi connectivity index (χ1v) is 7.26. The Balaban J connectivity index is 2.07. The summed E-state index contributed by atoms with van der Waals surface area (Å²) in [7, 11) is 1.31. The van der Waals surface area contributed by atoms with E-state index in [1.807, 2.05) is 30.3 Å². The van der Waals surface area contributed by atoms with Gasteiger partial charge in [-0.1, -0.05) is 41.9 Å². The molecular weight excluding hydrogens is 290 g/mol. The number of ether oxygens (including phenoxy) is 1. The van der Waals surface area contributed by atoms with Gasteiger partial charge in [-0.05, 0) is 17.1 Å². The van der Waals surface area contributed by atoms with E-state index in [2.05, 4.69) is 9.11 Å². The molecule has 0 saturated heterocycles. The van der Waals surface area contributed by atoms with Crippen LogP contribution in [-0.4, -0.2) is 17.5 Å². The van der Waals surface area contributed by atoms with Crippen LogP contribution >= 0.6 is 34.9 Å². The molecule has 0 N–H and O–H groups in total. The number of hydrogen-bond donors (Lipinski definition) is 0. The fraction of sp³-hybridized carbons (Fsp3) is 0.167. The molecular formula is C12H10ClNO2S2. The Labute approximate surface area is 118 Å². The van der Waals surface area contributed by atoms with E-state index in [1.54, 1.807) is 11.8 Å². The Morgan fingerprint density at radius 1 is 1.44 bits per heavy atom. The molecule has 0 atom stereocenters. The van der Waals surface area contributed by atoms with Crippen LogP contribution in [0.1, 0.15) is 16.1 Å². The number of benzene rings is 1. The first kappa shape index (κ1) is 13.4. The molecule has 0 spiro atoms. The molecule has 18 heavy (non-hydrogen) atoms. The average Bonchev–Trinajstić information content (AvgIpc) is 2.78. The number of esters is 1. The van der Waals surface area contributed by atoms with Crippen LogP contribution in [0.3, 0.4) is 0 Å². The normalized spacial score (nSPS) is 10.3. The third kappa shape index (κ3) is 3.04. The highest BCUT2D eigenvalue weighted by molar-refractivity contribution is 8.00. The van der Waals surface area contributed by atoms with E-state index >= 15 is 0 Å². The van der Waals surface area contributed by atoms with Crippen LogP contribution in [0, 0.1) is 0 Å². The maximum Gasteiger partial charge on any atom is 0.359 e. The second kappa shape index (κ2) is 6.22. The van der Waals surface area contributed by atoms with Crippen LogP contribution in [0.4, 0.5) is 0 Å². The number of carbonyl (C=O) groups excluding carboxylic acids is 1. The van der Waals surface area contributed by atoms with Crippen LogP contribution in [0.5, 0.6) is 0 Å². The van der Waals surface area contributed by atoms with Crippen molar-refractivity contribution in [2.75, 3.05) is 7.11 Å². The first-order valence-electron chi connectivity index (χ1n) is 5.12. The van der Waals surface area contributed by atoms with Gasteiger partial charge in [0.2, 0.25) is 0 Å². The van der Waals surface area contributed by atoms with Crippen molar-refractivity contribution in [3.8, 4) is 0 Å². The van der Waals surface area contributed by atoms with E-state index < -0.39 is 5.97 Å². The fourth-order valence-electron chi connectivity index (χ4n) is 1.30. The van der Waals surface area contributed by atoms with Crippen LogP contribution < -0.4 is 0 Å². The fourth-order valence-corrected chi connectivity index (χ4v) is 3.47. The summed E-state index contributed by atoms with van der Waals surface area (Å²) in [5, 5.41) is 0.382. The third-order valence-corrected chi connectivity index (χ3v) is 4.96. The van der Waals surface area contributed by atoms with Crippen molar-refractivity contribution in [2.45, 2.75) is 9.96 Å². The summed E-state index contributed by atoms with van der Waals surface area (Å²) in [4.78, 5) is 11.4. The molecule has 0 aliphatic carbocycles. The molecule has 0 amide bonds. The third-order valence-electron chi connectivity index (χ3n) is 2.20. The highest BCUT2D eigenvalue weighted by atomic mass is 35.5. The molecule has 94 valence electrons. The topological polar surface area (TPSA) is 39.2 Å². The highest BCUT2D eigenvalue weighted by Crippen LogP contribution is 2.35. The van der Waals surface area contributed by atoms with E-state index in [1.165, 1.54) is 24.2 Å². The molecule has 3 nitrogen and oxygen atoms in total. The van der Waals surface area contributed by atoms with E-state index in [-0.39, 0.29) is 5.69 Å². The average molecular weight is 300 g/mol. The molecule has 1 heterocycles. The summed E-state index contributed by atoms with van der Waals surface area (Å²) >= 11 is 8.87. The lowest BCUT2D eigenvalue weighted by Gasteiger charge is -1.99. The summed E-state index contributed by atoms with van der Waals surface area (Å²) in [5.74, 6) is 0.298. The molecule has 0 unspecified atom stereocenters. The van der Waals surface area contributed by atoms with Crippen molar-refractivity contribution >= 4 is 40.9 Å². The molecule has 2 aromatic rings. The smallest absolute Gasteiger partial charge is 0.359 e. The summed E-state index contributed by atoms with van der Waals surface area (Å²) in [5.41, 5.74) is 1.39. The number of hydrogen-bond acceptors (Lipinski definition) is 5. The van der Waals surface area contributed by atoms with E-state index in [0.717, 1.165) is 9.96 Å². The van der Waals surface area contributed by atoms with Crippen molar-refractivity contribution in [3.05, 3.63) is 46.6 Å². The van der Waals surface area contributed by atoms with Crippen LogP contribution in [0.15, 0.2) is 34.5 Å². The molecule has 0 aliphatic rings. The zero-order chi connectivity index (χ0) is 13.0. The summed E-state index contributed by atoms with van der Waals surface area (Å²) < 4.78 is 9.45. The number of nitrogens with zero attached hydrogens (tertiary/aromatic N) is 1. The van der Waals surface area contributed by atoms with Gasteiger partial charge in [0, 0.05) is 5.75 Å². The van der Waals surface area contributed by atoms with Crippen molar-refractivity contribution in [2.24, 2.45) is 0 Å². The summed E-state index contributed by atoms with van der Waals surface area (Å²) in [6.07, 6.45) is 0. The number of rotatable bonds is 4. The van der Waals surface area contributed by atoms with E-state index in [4.69, 9.17) is 11.6 Å². The predicted molar refractivity (Wildman–Crippen MR) is 74.5 cm³/mol. The molecule has 6 heteroatoms. The van der Waals surface area contributed by atoms with Crippen molar-refractivity contribution in [3.63, 3.8) is 0 Å². The number of carbonyl (C=O) groups is 1. The van der Waals surface area contributed by atoms with Crippen molar-refractivity contribution in [1.82, 2.24) is 4.37 Å². The Kier molecular flexibility index (Phi) is 4.63. The van der Waals surface area contributed by atoms with Gasteiger partial charge in [0.25, 0.3) is 0 Å². The second-order valence-corrected chi connectivity index (χ2v) is 5.79. The zero-order valence-corrected chi connectivity index (χ0v) is 11.9. The number of halogens is 1. The monoisotopic (exact) mass is 299 g/mol. The van der Waals surface area contributed by atoms with Gasteiger partial charge in [0.1, 0.15) is 9.23 Å². The summed E-state index contributed by atoms with van der Waals surface area (Å²) in [6, 6.07) is 10.0. The van der Waals surface area contributed by atoms with Gasteiger partial charge in [0.05, 0.1) is 7.11 Å². The molecule has 0 radical (unpaired) electrons. The molecule has 0 aliphatic heterocycles. The Hall–Kier alpha value is -1.04. The van der Waals surface area contributed by atoms with E-state index in [0.29, 0.717) is 5.02 Å². The lowest BCUT2D eigenvalue weighted by atomic mass is 10.2. The SMILES string of the molecule is COC(=O)c1nsc(SCc2ccccc2)c1Cl. The molecule has 1 aromatic carbocycles. The van der Waals surface area contributed by atoms with Gasteiger partial charge in [0.15, 0.2) is 5.69 Å². The maximum absolute atomic E-state index is 11.4. The van der Waals surface area contributed by atoms with Gasteiger partial charge < -0.3 is 4.74 Å². The number of thioether (sulfide) groups is 1. The van der Waals surface area contributed by atoms with Gasteiger partial charge in [-0.2, -0.15) is 4.37 Å². The number of methoxy groups -OCH3 is 1. The summed E-state index contributed by atoms with van der Waals surface area (Å²) in [6.45, 7) is 0. The maximum atomic E-state index is 11.4. The van der Waals surface area contributed by atoms with Gasteiger partial charge in [-0.3, -0.25) is 0 Å². The minimum atomic E-state index is -0.497. The molecule has 0 fully saturated rings. The molecule has 0 bridgehead atoms. The molecule has 2 rings (SSSR count). The minimum absolute atomic E-state index is 0.194. The lowest BCUT2D eigenvalue weighted by molar-refractivity contribution is 0.0595. The van der Waals surface area contributed by atoms with Crippen LogP contribution in [0.2, 0.25) is 5.02 Å². The molecule has 0 saturated carbocycles.